The molecular formula is C20H27N5O2S. The number of aromatic nitrogens is 2. The molecule has 28 heavy (non-hydrogen) atoms. The van der Waals surface area contributed by atoms with Crippen LogP contribution in [0.5, 0.6) is 0 Å². The van der Waals surface area contributed by atoms with Crippen LogP contribution in [0, 0.1) is 0 Å². The van der Waals surface area contributed by atoms with Crippen LogP contribution in [0.25, 0.3) is 0 Å². The first-order valence-electron chi connectivity index (χ1n) is 9.36. The highest BCUT2D eigenvalue weighted by atomic mass is 32.1. The molecule has 1 fully saturated rings. The summed E-state index contributed by atoms with van der Waals surface area (Å²) in [4.78, 5) is 23.8. The van der Waals surface area contributed by atoms with E-state index in [-0.39, 0.29) is 26.1 Å². The van der Waals surface area contributed by atoms with Crippen LogP contribution in [0.2, 0.25) is 0 Å². The van der Waals surface area contributed by atoms with Gasteiger partial charge in [0.1, 0.15) is 0 Å². The smallest absolute Gasteiger partial charge is 0.319 e. The van der Waals surface area contributed by atoms with Crippen molar-refractivity contribution in [3.63, 3.8) is 0 Å². The van der Waals surface area contributed by atoms with Crippen molar-refractivity contribution in [2.24, 2.45) is 0 Å². The lowest BCUT2D eigenvalue weighted by molar-refractivity contribution is 0.136. The average molecular weight is 402 g/mol. The second kappa shape index (κ2) is 7.97. The number of fused-ring (bicyclic) bond motifs is 1. The van der Waals surface area contributed by atoms with E-state index in [1.54, 1.807) is 4.90 Å². The van der Waals surface area contributed by atoms with Gasteiger partial charge in [-0.25, -0.2) is 14.8 Å². The summed E-state index contributed by atoms with van der Waals surface area (Å²) in [6.45, 7) is 4.24. The summed E-state index contributed by atoms with van der Waals surface area (Å²) in [5.41, 5.74) is 2.18. The number of carbonyl (C=O) groups excluding carboxylic acids is 1. The van der Waals surface area contributed by atoms with Crippen LogP contribution in [-0.2, 0) is 12.1 Å². The molecule has 1 saturated carbocycles. The standard InChI is InChI=1S/C20H25N5O2.H2S/c1-20(2)15-10-21-18(22-14-8-9-14)23-16(15)11-25(20)19(27)24-17(12-26)13-6-4-3-5-7-13;/h3-7,10,14,17,26H,8-9,11-12H2,1-2H3,(H,24,27)(H,21,22,23);1H2/t17-;/m1./s1. The topological polar surface area (TPSA) is 90.4 Å². The fourth-order valence-corrected chi connectivity index (χ4v) is 3.49. The van der Waals surface area contributed by atoms with Crippen LogP contribution < -0.4 is 10.6 Å². The lowest BCUT2D eigenvalue weighted by Crippen LogP contribution is -2.47. The summed E-state index contributed by atoms with van der Waals surface area (Å²) < 4.78 is 0. The van der Waals surface area contributed by atoms with E-state index in [9.17, 15) is 9.90 Å². The van der Waals surface area contributed by atoms with Crippen LogP contribution in [0.3, 0.4) is 0 Å². The molecule has 8 heteroatoms. The minimum absolute atomic E-state index is 0. The number of rotatable bonds is 5. The first kappa shape index (κ1) is 20.4. The Labute approximate surface area is 172 Å². The zero-order valence-electron chi connectivity index (χ0n) is 16.1. The van der Waals surface area contributed by atoms with Gasteiger partial charge in [0.15, 0.2) is 0 Å². The van der Waals surface area contributed by atoms with E-state index < -0.39 is 11.6 Å². The summed E-state index contributed by atoms with van der Waals surface area (Å²) in [6.07, 6.45) is 4.13. The number of hydrogen-bond acceptors (Lipinski definition) is 5. The highest BCUT2D eigenvalue weighted by Crippen LogP contribution is 2.38. The number of anilines is 1. The lowest BCUT2D eigenvalue weighted by Gasteiger charge is -2.33. The zero-order chi connectivity index (χ0) is 19.0. The van der Waals surface area contributed by atoms with E-state index in [0.29, 0.717) is 18.5 Å². The second-order valence-corrected chi connectivity index (χ2v) is 7.71. The summed E-state index contributed by atoms with van der Waals surface area (Å²) in [5, 5.41) is 16.0. The number of nitrogens with one attached hydrogen (secondary N) is 2. The van der Waals surface area contributed by atoms with E-state index in [0.717, 1.165) is 29.7 Å². The number of aliphatic hydroxyl groups excluding tert-OH is 1. The Morgan fingerprint density at radius 3 is 2.68 bits per heavy atom. The summed E-state index contributed by atoms with van der Waals surface area (Å²) in [5.74, 6) is 0.631. The van der Waals surface area contributed by atoms with E-state index in [4.69, 9.17) is 0 Å². The number of nitrogens with zero attached hydrogens (tertiary/aromatic N) is 3. The molecule has 0 bridgehead atoms. The monoisotopic (exact) mass is 401 g/mol. The van der Waals surface area contributed by atoms with Crippen LogP contribution in [0.4, 0.5) is 10.7 Å². The molecular weight excluding hydrogens is 374 g/mol. The Morgan fingerprint density at radius 1 is 1.32 bits per heavy atom. The third kappa shape index (κ3) is 3.93. The molecule has 1 aromatic carbocycles. The lowest BCUT2D eigenvalue weighted by atomic mass is 9.97. The summed E-state index contributed by atoms with van der Waals surface area (Å²) >= 11 is 0. The molecule has 4 rings (SSSR count). The molecule has 0 saturated heterocycles. The predicted molar refractivity (Wildman–Crippen MR) is 112 cm³/mol. The van der Waals surface area contributed by atoms with Crippen LogP contribution >= 0.6 is 13.5 Å². The molecule has 1 atom stereocenters. The largest absolute Gasteiger partial charge is 0.394 e. The van der Waals surface area contributed by atoms with Crippen LogP contribution in [-0.4, -0.2) is 38.7 Å². The molecule has 1 aliphatic heterocycles. The van der Waals surface area contributed by atoms with Gasteiger partial charge < -0.3 is 20.6 Å². The minimum Gasteiger partial charge on any atom is -0.394 e. The number of aliphatic hydroxyl groups is 1. The molecule has 2 amide bonds. The maximum atomic E-state index is 13.0. The fraction of sp³-hybridized carbons (Fsp3) is 0.450. The summed E-state index contributed by atoms with van der Waals surface area (Å²) in [6, 6.07) is 9.29. The molecule has 2 heterocycles. The van der Waals surface area contributed by atoms with E-state index in [1.165, 1.54) is 0 Å². The summed E-state index contributed by atoms with van der Waals surface area (Å²) in [7, 11) is 0. The normalized spacial score (nSPS) is 18.0. The number of amides is 2. The molecule has 3 N–H and O–H groups in total. The van der Waals surface area contributed by atoms with Crippen molar-refractivity contribution >= 4 is 25.5 Å². The highest BCUT2D eigenvalue weighted by Gasteiger charge is 2.42. The fourth-order valence-electron chi connectivity index (χ4n) is 3.49. The van der Waals surface area contributed by atoms with Gasteiger partial charge in [-0.2, -0.15) is 13.5 Å². The Bertz CT molecular complexity index is 842. The Balaban J connectivity index is 0.00000225. The quantitative estimate of drug-likeness (QED) is 0.717. The molecule has 1 aromatic heterocycles. The second-order valence-electron chi connectivity index (χ2n) is 7.71. The van der Waals surface area contributed by atoms with Crippen molar-refractivity contribution in [2.45, 2.75) is 50.9 Å². The van der Waals surface area contributed by atoms with Gasteiger partial charge in [0, 0.05) is 17.8 Å². The van der Waals surface area contributed by atoms with Crippen molar-refractivity contribution in [1.29, 1.82) is 0 Å². The van der Waals surface area contributed by atoms with Gasteiger partial charge >= 0.3 is 6.03 Å². The Kier molecular flexibility index (Phi) is 5.81. The maximum Gasteiger partial charge on any atom is 0.319 e. The molecule has 2 aromatic rings. The van der Waals surface area contributed by atoms with Gasteiger partial charge in [-0.1, -0.05) is 30.3 Å². The number of hydrogen-bond donors (Lipinski definition) is 3. The predicted octanol–water partition coefficient (Wildman–Crippen LogP) is 2.66. The van der Waals surface area contributed by atoms with Gasteiger partial charge in [-0.3, -0.25) is 0 Å². The number of benzene rings is 1. The first-order valence-corrected chi connectivity index (χ1v) is 9.36. The van der Waals surface area contributed by atoms with Crippen molar-refractivity contribution in [2.75, 3.05) is 11.9 Å². The van der Waals surface area contributed by atoms with Crippen LogP contribution in [0.1, 0.15) is 49.6 Å². The van der Waals surface area contributed by atoms with Crippen molar-refractivity contribution in [3.8, 4) is 0 Å². The van der Waals surface area contributed by atoms with Crippen molar-refractivity contribution in [1.82, 2.24) is 20.2 Å². The highest BCUT2D eigenvalue weighted by molar-refractivity contribution is 7.59. The molecule has 0 radical (unpaired) electrons. The van der Waals surface area contributed by atoms with Gasteiger partial charge in [0.2, 0.25) is 5.95 Å². The Hall–Kier alpha value is -2.32. The minimum atomic E-state index is -0.520. The van der Waals surface area contributed by atoms with Gasteiger partial charge in [0.05, 0.1) is 30.4 Å². The molecule has 0 unspecified atom stereocenters. The van der Waals surface area contributed by atoms with Crippen molar-refractivity contribution in [3.05, 3.63) is 53.3 Å². The average Bonchev–Trinajstić information content (AvgIpc) is 3.43. The molecule has 150 valence electrons. The third-order valence-corrected chi connectivity index (χ3v) is 5.35. The third-order valence-electron chi connectivity index (χ3n) is 5.35. The SMILES string of the molecule is CC1(C)c2cnc(NC3CC3)nc2CN1C(=O)N[C@H](CO)c1ccccc1.S. The zero-order valence-corrected chi connectivity index (χ0v) is 17.1. The van der Waals surface area contributed by atoms with E-state index in [2.05, 4.69) is 20.6 Å². The maximum absolute atomic E-state index is 13.0. The van der Waals surface area contributed by atoms with Crippen molar-refractivity contribution < 1.29 is 9.90 Å². The molecule has 0 spiro atoms. The molecule has 2 aliphatic rings. The Morgan fingerprint density at radius 2 is 2.04 bits per heavy atom. The number of carbonyl (C=O) groups is 1. The molecule has 1 aliphatic carbocycles. The van der Waals surface area contributed by atoms with E-state index in [1.807, 2.05) is 50.4 Å². The number of urea groups is 1. The van der Waals surface area contributed by atoms with E-state index >= 15 is 0 Å². The molecule has 7 nitrogen and oxygen atoms in total. The van der Waals surface area contributed by atoms with Gasteiger partial charge in [-0.15, -0.1) is 0 Å². The van der Waals surface area contributed by atoms with Gasteiger partial charge in [-0.05, 0) is 32.3 Å². The van der Waals surface area contributed by atoms with Crippen LogP contribution in [0.15, 0.2) is 36.5 Å². The van der Waals surface area contributed by atoms with Gasteiger partial charge in [0.25, 0.3) is 0 Å². The first-order chi connectivity index (χ1) is 13.0.